The van der Waals surface area contributed by atoms with Gasteiger partial charge in [-0.1, -0.05) is 13.0 Å². The minimum absolute atomic E-state index is 0.0197. The van der Waals surface area contributed by atoms with Crippen molar-refractivity contribution in [3.05, 3.63) is 76.7 Å². The van der Waals surface area contributed by atoms with Crippen molar-refractivity contribution in [2.45, 2.75) is 71.6 Å². The molecule has 3 aromatic rings. The number of piperidine rings is 1. The Kier molecular flexibility index (Phi) is 10.2. The fourth-order valence-electron chi connectivity index (χ4n) is 6.00. The number of likely N-dealkylation sites (N-methyl/N-ethyl adjacent to an activating group) is 1. The zero-order valence-corrected chi connectivity index (χ0v) is 27.6. The molecule has 1 aliphatic rings. The van der Waals surface area contributed by atoms with Crippen molar-refractivity contribution in [1.29, 1.82) is 0 Å². The van der Waals surface area contributed by atoms with E-state index in [-0.39, 0.29) is 29.6 Å². The first kappa shape index (κ1) is 36.7. The highest BCUT2D eigenvalue weighted by atomic mass is 19.4. The SMILES string of the molecule is CCOC(=O)CC1(C)CCN(c2cc(-c3ccc(F)cc3C)c(N(C)C(=O)C(C)(C)c3cc(C(F)(F)F)cc(C(F)(F)F)c3)cn2)CC1. The van der Waals surface area contributed by atoms with Crippen molar-refractivity contribution >= 4 is 23.4 Å². The molecule has 1 saturated heterocycles. The van der Waals surface area contributed by atoms with Crippen molar-refractivity contribution < 1.29 is 45.1 Å². The standard InChI is InChI=1S/C35H38F7N3O3/c1-7-48-30(46)19-33(5)10-12-45(13-11-33)29-18-27(26-9-8-25(36)14-21(26)2)28(20-43-29)44(6)31(47)32(3,4)22-15-23(34(37,38)39)17-24(16-22)35(40,41)42/h8-9,14-18,20H,7,10-13,19H2,1-6H3. The van der Waals surface area contributed by atoms with Crippen LogP contribution < -0.4 is 9.80 Å². The second kappa shape index (κ2) is 13.4. The van der Waals surface area contributed by atoms with Crippen LogP contribution in [-0.4, -0.2) is 43.6 Å². The molecule has 0 radical (unpaired) electrons. The number of nitrogens with zero attached hydrogens (tertiary/aromatic N) is 3. The molecule has 0 saturated carbocycles. The van der Waals surface area contributed by atoms with Gasteiger partial charge in [0.1, 0.15) is 11.6 Å². The quantitative estimate of drug-likeness (QED) is 0.176. The van der Waals surface area contributed by atoms with Crippen LogP contribution in [0.25, 0.3) is 11.1 Å². The zero-order valence-electron chi connectivity index (χ0n) is 27.6. The van der Waals surface area contributed by atoms with Gasteiger partial charge in [-0.3, -0.25) is 9.59 Å². The lowest BCUT2D eigenvalue weighted by molar-refractivity contribution is -0.146. The van der Waals surface area contributed by atoms with Gasteiger partial charge in [-0.15, -0.1) is 0 Å². The van der Waals surface area contributed by atoms with Crippen LogP contribution in [0.4, 0.5) is 42.2 Å². The Morgan fingerprint density at radius 2 is 1.48 bits per heavy atom. The number of carbonyl (C=O) groups excluding carboxylic acids is 2. The van der Waals surface area contributed by atoms with E-state index < -0.39 is 46.2 Å². The molecule has 2 heterocycles. The summed E-state index contributed by atoms with van der Waals surface area (Å²) >= 11 is 0. The second-order valence-corrected chi connectivity index (χ2v) is 13.1. The molecule has 1 aliphatic heterocycles. The molecule has 1 amide bonds. The van der Waals surface area contributed by atoms with Crippen LogP contribution in [0.15, 0.2) is 48.7 Å². The minimum atomic E-state index is -5.08. The fourth-order valence-corrected chi connectivity index (χ4v) is 6.00. The Hall–Kier alpha value is -4.16. The second-order valence-electron chi connectivity index (χ2n) is 13.1. The lowest BCUT2D eigenvalue weighted by Gasteiger charge is -2.39. The highest BCUT2D eigenvalue weighted by Gasteiger charge is 2.41. The van der Waals surface area contributed by atoms with Gasteiger partial charge in [-0.25, -0.2) is 9.37 Å². The smallest absolute Gasteiger partial charge is 0.416 e. The Morgan fingerprint density at radius 3 is 2.00 bits per heavy atom. The topological polar surface area (TPSA) is 62.7 Å². The monoisotopic (exact) mass is 681 g/mol. The van der Waals surface area contributed by atoms with Gasteiger partial charge in [0.25, 0.3) is 0 Å². The number of esters is 1. The number of carbonyl (C=O) groups is 2. The number of rotatable bonds is 8. The number of pyridine rings is 1. The van der Waals surface area contributed by atoms with E-state index in [9.17, 15) is 40.3 Å². The molecule has 0 spiro atoms. The van der Waals surface area contributed by atoms with Crippen molar-refractivity contribution in [3.63, 3.8) is 0 Å². The number of benzene rings is 2. The molecule has 13 heteroatoms. The fraction of sp³-hybridized carbons (Fsp3) is 0.457. The van der Waals surface area contributed by atoms with Crippen LogP contribution in [0.2, 0.25) is 0 Å². The lowest BCUT2D eigenvalue weighted by atomic mass is 9.77. The molecular weight excluding hydrogens is 643 g/mol. The van der Waals surface area contributed by atoms with Gasteiger partial charge in [0.15, 0.2) is 0 Å². The molecule has 260 valence electrons. The highest BCUT2D eigenvalue weighted by molar-refractivity contribution is 6.03. The Morgan fingerprint density at radius 1 is 0.917 bits per heavy atom. The number of ether oxygens (including phenoxy) is 1. The van der Waals surface area contributed by atoms with Crippen molar-refractivity contribution in [2.24, 2.45) is 5.41 Å². The summed E-state index contributed by atoms with van der Waals surface area (Å²) in [6, 6.07) is 6.96. The molecule has 0 unspecified atom stereocenters. The van der Waals surface area contributed by atoms with Gasteiger partial charge in [0, 0.05) is 25.7 Å². The molecule has 1 aromatic heterocycles. The zero-order chi connectivity index (χ0) is 35.8. The summed E-state index contributed by atoms with van der Waals surface area (Å²) in [4.78, 5) is 33.9. The maximum atomic E-state index is 14.1. The van der Waals surface area contributed by atoms with E-state index >= 15 is 0 Å². The molecular formula is C35H38F7N3O3. The van der Waals surface area contributed by atoms with Gasteiger partial charge in [-0.2, -0.15) is 26.3 Å². The molecule has 0 N–H and O–H groups in total. The first-order valence-corrected chi connectivity index (χ1v) is 15.4. The Labute approximate surface area is 274 Å². The number of anilines is 2. The Balaban J connectivity index is 1.74. The Bertz CT molecular complexity index is 1640. The van der Waals surface area contributed by atoms with Crippen LogP contribution in [0.1, 0.15) is 69.2 Å². The molecule has 1 fully saturated rings. The summed E-state index contributed by atoms with van der Waals surface area (Å²) < 4.78 is 101. The van der Waals surface area contributed by atoms with Crippen molar-refractivity contribution in [1.82, 2.24) is 4.98 Å². The summed E-state index contributed by atoms with van der Waals surface area (Å²) in [5, 5.41) is 0. The van der Waals surface area contributed by atoms with Crippen molar-refractivity contribution in [3.8, 4) is 11.1 Å². The predicted octanol–water partition coefficient (Wildman–Crippen LogP) is 8.73. The number of alkyl halides is 6. The normalized spacial score (nSPS) is 15.3. The van der Waals surface area contributed by atoms with Gasteiger partial charge in [0.2, 0.25) is 5.91 Å². The van der Waals surface area contributed by atoms with Gasteiger partial charge in [-0.05, 0) is 99.0 Å². The average Bonchev–Trinajstić information content (AvgIpc) is 2.99. The van der Waals surface area contributed by atoms with E-state index in [4.69, 9.17) is 4.74 Å². The van der Waals surface area contributed by atoms with E-state index in [2.05, 4.69) is 4.98 Å². The van der Waals surface area contributed by atoms with Crippen LogP contribution in [0, 0.1) is 18.2 Å². The van der Waals surface area contributed by atoms with Crippen LogP contribution in [-0.2, 0) is 32.1 Å². The molecule has 2 aromatic carbocycles. The van der Waals surface area contributed by atoms with E-state index in [1.54, 1.807) is 19.9 Å². The van der Waals surface area contributed by atoms with Crippen LogP contribution in [0.3, 0.4) is 0 Å². The third-order valence-electron chi connectivity index (χ3n) is 9.03. The largest absolute Gasteiger partial charge is 0.466 e. The van der Waals surface area contributed by atoms with E-state index in [1.807, 2.05) is 11.8 Å². The molecule has 48 heavy (non-hydrogen) atoms. The van der Waals surface area contributed by atoms with Gasteiger partial charge < -0.3 is 14.5 Å². The highest BCUT2D eigenvalue weighted by Crippen LogP contribution is 2.42. The first-order valence-electron chi connectivity index (χ1n) is 15.4. The summed E-state index contributed by atoms with van der Waals surface area (Å²) in [5.41, 5.74) is -3.87. The summed E-state index contributed by atoms with van der Waals surface area (Å²) in [5.74, 6) is -0.998. The number of aromatic nitrogens is 1. The third-order valence-corrected chi connectivity index (χ3v) is 9.03. The third kappa shape index (κ3) is 7.92. The molecule has 0 atom stereocenters. The number of amides is 1. The molecule has 4 rings (SSSR count). The number of hydrogen-bond donors (Lipinski definition) is 0. The summed E-state index contributed by atoms with van der Waals surface area (Å²) in [7, 11) is 1.36. The lowest BCUT2D eigenvalue weighted by Crippen LogP contribution is -2.42. The van der Waals surface area contributed by atoms with E-state index in [1.165, 1.54) is 45.3 Å². The maximum Gasteiger partial charge on any atom is 0.416 e. The summed E-state index contributed by atoms with van der Waals surface area (Å²) in [6.07, 6.45) is -7.13. The van der Waals surface area contributed by atoms with E-state index in [0.717, 1.165) is 4.90 Å². The van der Waals surface area contributed by atoms with Crippen LogP contribution in [0.5, 0.6) is 0 Å². The van der Waals surface area contributed by atoms with Gasteiger partial charge >= 0.3 is 18.3 Å². The minimum Gasteiger partial charge on any atom is -0.466 e. The number of aryl methyl sites for hydroxylation is 1. The maximum absolute atomic E-state index is 14.1. The van der Waals surface area contributed by atoms with Crippen LogP contribution >= 0.6 is 0 Å². The summed E-state index contributed by atoms with van der Waals surface area (Å²) in [6.45, 7) is 9.38. The van der Waals surface area contributed by atoms with Crippen molar-refractivity contribution in [2.75, 3.05) is 36.5 Å². The number of halogens is 7. The predicted molar refractivity (Wildman–Crippen MR) is 168 cm³/mol. The average molecular weight is 682 g/mol. The molecule has 0 bridgehead atoms. The molecule has 0 aliphatic carbocycles. The first-order chi connectivity index (χ1) is 22.2. The molecule has 6 nitrogen and oxygen atoms in total. The number of hydrogen-bond acceptors (Lipinski definition) is 5. The van der Waals surface area contributed by atoms with Gasteiger partial charge in [0.05, 0.1) is 41.5 Å². The van der Waals surface area contributed by atoms with E-state index in [0.29, 0.717) is 67.2 Å².